The van der Waals surface area contributed by atoms with Gasteiger partial charge in [0, 0.05) is 29.6 Å². The Balaban J connectivity index is 2.11. The second kappa shape index (κ2) is 6.95. The molecule has 0 fully saturated rings. The van der Waals surface area contributed by atoms with Gasteiger partial charge >= 0.3 is 0 Å². The average Bonchev–Trinajstić information content (AvgIpc) is 2.94. The lowest BCUT2D eigenvalue weighted by Gasteiger charge is -2.14. The van der Waals surface area contributed by atoms with Crippen molar-refractivity contribution >= 4 is 11.8 Å². The molecule has 0 amide bonds. The van der Waals surface area contributed by atoms with Gasteiger partial charge in [0.05, 0.1) is 5.69 Å². The normalized spacial score (nSPS) is 14.2. The first-order valence-electron chi connectivity index (χ1n) is 7.08. The van der Waals surface area contributed by atoms with Gasteiger partial charge in [0.15, 0.2) is 0 Å². The van der Waals surface area contributed by atoms with Crippen LogP contribution in [0.5, 0.6) is 0 Å². The van der Waals surface area contributed by atoms with E-state index in [0.29, 0.717) is 6.04 Å². The Labute approximate surface area is 125 Å². The Bertz CT molecular complexity index is 550. The number of hydrogen-bond donors (Lipinski definition) is 1. The van der Waals surface area contributed by atoms with E-state index in [1.165, 1.54) is 10.5 Å². The maximum Gasteiger partial charge on any atom is 0.0643 e. The number of rotatable bonds is 6. The van der Waals surface area contributed by atoms with Crippen LogP contribution in [-0.4, -0.2) is 16.0 Å². The van der Waals surface area contributed by atoms with Crippen LogP contribution in [0.25, 0.3) is 0 Å². The average molecular weight is 289 g/mol. The lowest BCUT2D eigenvalue weighted by Crippen LogP contribution is -2.15. The number of nitrogens with zero attached hydrogens (tertiary/aromatic N) is 2. The fourth-order valence-electron chi connectivity index (χ4n) is 2.23. The first kappa shape index (κ1) is 15.1. The van der Waals surface area contributed by atoms with Crippen LogP contribution in [-0.2, 0) is 6.42 Å². The summed E-state index contributed by atoms with van der Waals surface area (Å²) in [5.41, 5.74) is 8.63. The van der Waals surface area contributed by atoms with Gasteiger partial charge in [-0.05, 0) is 37.3 Å². The van der Waals surface area contributed by atoms with Crippen LogP contribution in [0, 0.1) is 0 Å². The number of nitrogens with two attached hydrogens (primary N) is 1. The Morgan fingerprint density at radius 1 is 1.30 bits per heavy atom. The molecule has 0 spiro atoms. The Morgan fingerprint density at radius 3 is 2.75 bits per heavy atom. The van der Waals surface area contributed by atoms with Gasteiger partial charge in [-0.25, -0.2) is 0 Å². The Morgan fingerprint density at radius 2 is 2.05 bits per heavy atom. The number of hydrogen-bond acceptors (Lipinski definition) is 3. The summed E-state index contributed by atoms with van der Waals surface area (Å²) in [5.74, 6) is 0. The molecule has 2 unspecified atom stereocenters. The molecule has 0 aliphatic rings. The summed E-state index contributed by atoms with van der Waals surface area (Å²) in [4.78, 5) is 1.25. The topological polar surface area (TPSA) is 43.8 Å². The van der Waals surface area contributed by atoms with Crippen LogP contribution in [0.1, 0.15) is 43.6 Å². The zero-order chi connectivity index (χ0) is 14.5. The van der Waals surface area contributed by atoms with Crippen LogP contribution >= 0.6 is 11.8 Å². The molecule has 0 aliphatic carbocycles. The van der Waals surface area contributed by atoms with Gasteiger partial charge in [0.1, 0.15) is 0 Å². The predicted molar refractivity (Wildman–Crippen MR) is 86.1 cm³/mol. The molecule has 1 heterocycles. The van der Waals surface area contributed by atoms with Crippen LogP contribution in [0.15, 0.2) is 41.4 Å². The van der Waals surface area contributed by atoms with Gasteiger partial charge in [-0.2, -0.15) is 5.10 Å². The van der Waals surface area contributed by atoms with Crippen molar-refractivity contribution in [2.45, 2.75) is 43.7 Å². The molecular formula is C16H23N3S. The lowest BCUT2D eigenvalue weighted by atomic mass is 10.0. The molecule has 2 N–H and O–H groups in total. The lowest BCUT2D eigenvalue weighted by molar-refractivity contribution is 0.471. The van der Waals surface area contributed by atoms with Gasteiger partial charge < -0.3 is 5.73 Å². The standard InChI is InChI=1S/C16H23N3S/c1-4-12(2)19-10-9-13(18-19)11-15(17)14-7-5-6-8-16(14)20-3/h5-10,12,15H,4,11,17H2,1-3H3. The molecule has 0 bridgehead atoms. The number of thioether (sulfide) groups is 1. The minimum atomic E-state index is -0.000988. The molecule has 0 aliphatic heterocycles. The van der Waals surface area contributed by atoms with Crippen molar-refractivity contribution in [1.29, 1.82) is 0 Å². The molecule has 1 aromatic heterocycles. The summed E-state index contributed by atoms with van der Waals surface area (Å²) in [5, 5.41) is 4.63. The quantitative estimate of drug-likeness (QED) is 0.822. The van der Waals surface area contributed by atoms with E-state index in [2.05, 4.69) is 55.7 Å². The first-order valence-corrected chi connectivity index (χ1v) is 8.30. The highest BCUT2D eigenvalue weighted by Crippen LogP contribution is 2.26. The zero-order valence-corrected chi connectivity index (χ0v) is 13.2. The van der Waals surface area contributed by atoms with Crippen molar-refractivity contribution in [1.82, 2.24) is 9.78 Å². The highest BCUT2D eigenvalue weighted by molar-refractivity contribution is 7.98. The SMILES string of the molecule is CCC(C)n1ccc(CC(N)c2ccccc2SC)n1. The summed E-state index contributed by atoms with van der Waals surface area (Å²) in [6.45, 7) is 4.35. The Kier molecular flexibility index (Phi) is 5.26. The second-order valence-corrected chi connectivity index (χ2v) is 5.94. The highest BCUT2D eigenvalue weighted by Gasteiger charge is 2.13. The van der Waals surface area contributed by atoms with E-state index in [9.17, 15) is 0 Å². The molecule has 0 saturated heterocycles. The van der Waals surface area contributed by atoms with Crippen molar-refractivity contribution in [3.63, 3.8) is 0 Å². The van der Waals surface area contributed by atoms with Crippen LogP contribution in [0.3, 0.4) is 0 Å². The van der Waals surface area contributed by atoms with Crippen LogP contribution in [0.2, 0.25) is 0 Å². The predicted octanol–water partition coefficient (Wildman–Crippen LogP) is 3.82. The zero-order valence-electron chi connectivity index (χ0n) is 12.4. The summed E-state index contributed by atoms with van der Waals surface area (Å²) in [6.07, 6.45) is 6.00. The molecule has 2 rings (SSSR count). The second-order valence-electron chi connectivity index (χ2n) is 5.10. The monoisotopic (exact) mass is 289 g/mol. The van der Waals surface area contributed by atoms with Crippen LogP contribution < -0.4 is 5.73 Å². The maximum atomic E-state index is 6.36. The first-order chi connectivity index (χ1) is 9.65. The third-order valence-corrected chi connectivity index (χ3v) is 4.49. The van der Waals surface area contributed by atoms with Crippen molar-refractivity contribution in [2.24, 2.45) is 5.73 Å². The van der Waals surface area contributed by atoms with E-state index in [4.69, 9.17) is 5.73 Å². The summed E-state index contributed by atoms with van der Waals surface area (Å²) in [6, 6.07) is 10.9. The molecule has 1 aromatic carbocycles. The van der Waals surface area contributed by atoms with Gasteiger partial charge in [-0.15, -0.1) is 11.8 Å². The van der Waals surface area contributed by atoms with Crippen LogP contribution in [0.4, 0.5) is 0 Å². The van der Waals surface area contributed by atoms with E-state index >= 15 is 0 Å². The maximum absolute atomic E-state index is 6.36. The molecule has 108 valence electrons. The van der Waals surface area contributed by atoms with Gasteiger partial charge in [-0.1, -0.05) is 25.1 Å². The molecule has 20 heavy (non-hydrogen) atoms. The minimum Gasteiger partial charge on any atom is -0.324 e. The van der Waals surface area contributed by atoms with Gasteiger partial charge in [-0.3, -0.25) is 4.68 Å². The molecule has 3 nitrogen and oxygen atoms in total. The van der Waals surface area contributed by atoms with E-state index in [0.717, 1.165) is 18.5 Å². The van der Waals surface area contributed by atoms with E-state index in [-0.39, 0.29) is 6.04 Å². The third kappa shape index (κ3) is 3.44. The summed E-state index contributed by atoms with van der Waals surface area (Å²) < 4.78 is 2.03. The third-order valence-electron chi connectivity index (χ3n) is 3.67. The minimum absolute atomic E-state index is 0.000988. The fraction of sp³-hybridized carbons (Fsp3) is 0.438. The molecule has 0 saturated carbocycles. The highest BCUT2D eigenvalue weighted by atomic mass is 32.2. The largest absolute Gasteiger partial charge is 0.324 e. The van der Waals surface area contributed by atoms with Crippen molar-refractivity contribution in [3.05, 3.63) is 47.8 Å². The molecule has 2 atom stereocenters. The molecule has 0 radical (unpaired) electrons. The molecule has 2 aromatic rings. The summed E-state index contributed by atoms with van der Waals surface area (Å²) in [7, 11) is 0. The Hall–Kier alpha value is -1.26. The number of aromatic nitrogens is 2. The number of benzene rings is 1. The fourth-order valence-corrected chi connectivity index (χ4v) is 2.90. The van der Waals surface area contributed by atoms with Gasteiger partial charge in [0.2, 0.25) is 0 Å². The molecule has 4 heteroatoms. The van der Waals surface area contributed by atoms with E-state index < -0.39 is 0 Å². The van der Waals surface area contributed by atoms with Crippen molar-refractivity contribution in [2.75, 3.05) is 6.26 Å². The van der Waals surface area contributed by atoms with E-state index in [1.54, 1.807) is 11.8 Å². The molecular weight excluding hydrogens is 266 g/mol. The summed E-state index contributed by atoms with van der Waals surface area (Å²) >= 11 is 1.74. The van der Waals surface area contributed by atoms with E-state index in [1.807, 2.05) is 10.7 Å². The smallest absolute Gasteiger partial charge is 0.0643 e. The van der Waals surface area contributed by atoms with Crippen molar-refractivity contribution in [3.8, 4) is 0 Å². The van der Waals surface area contributed by atoms with Crippen molar-refractivity contribution < 1.29 is 0 Å². The van der Waals surface area contributed by atoms with Gasteiger partial charge in [0.25, 0.3) is 0 Å².